The molecule has 4 atom stereocenters. The predicted molar refractivity (Wildman–Crippen MR) is 117 cm³/mol. The van der Waals surface area contributed by atoms with Crippen LogP contribution < -0.4 is 0 Å². The highest BCUT2D eigenvalue weighted by Crippen LogP contribution is 2.59. The molecule has 0 aromatic heterocycles. The molecule has 0 aliphatic heterocycles. The highest BCUT2D eigenvalue weighted by atomic mass is 16.5. The Hall–Kier alpha value is -1.58. The fourth-order valence-electron chi connectivity index (χ4n) is 6.36. The lowest BCUT2D eigenvalue weighted by atomic mass is 10.0. The van der Waals surface area contributed by atoms with E-state index in [1.165, 1.54) is 51.4 Å². The Morgan fingerprint density at radius 1 is 0.600 bits per heavy atom. The number of carbonyl (C=O) groups excluding carboxylic acids is 2. The van der Waals surface area contributed by atoms with Crippen molar-refractivity contribution in [1.82, 2.24) is 0 Å². The number of carbonyl (C=O) groups is 2. The number of ether oxygens (including phenoxy) is 2. The van der Waals surface area contributed by atoms with Crippen molar-refractivity contribution in [1.29, 1.82) is 0 Å². The molecule has 0 saturated heterocycles. The molecule has 4 nitrogen and oxygen atoms in total. The minimum atomic E-state index is -0.192. The minimum absolute atomic E-state index is 0.192. The average molecular weight is 415 g/mol. The van der Waals surface area contributed by atoms with Gasteiger partial charge in [-0.2, -0.15) is 0 Å². The smallest absolute Gasteiger partial charge is 0.333 e. The van der Waals surface area contributed by atoms with E-state index in [1.54, 1.807) is 0 Å². The maximum Gasteiger partial charge on any atom is 0.333 e. The van der Waals surface area contributed by atoms with Crippen LogP contribution in [-0.4, -0.2) is 25.2 Å². The summed E-state index contributed by atoms with van der Waals surface area (Å²) < 4.78 is 10.9. The summed E-state index contributed by atoms with van der Waals surface area (Å²) in [5.74, 6) is 3.18. The van der Waals surface area contributed by atoms with Gasteiger partial charge in [0.25, 0.3) is 0 Å². The SMILES string of the molecule is C=C(C(=O)OCCCCCCOC(=O)C(=C)C1C2CCCCC21)C1C2CCCCC21. The zero-order valence-electron chi connectivity index (χ0n) is 18.4. The topological polar surface area (TPSA) is 52.6 Å². The Bertz CT molecular complexity index is 599. The predicted octanol–water partition coefficient (Wildman–Crippen LogP) is 5.62. The Balaban J connectivity index is 1.00. The largest absolute Gasteiger partial charge is 0.462 e. The molecule has 0 aromatic rings. The van der Waals surface area contributed by atoms with Crippen LogP contribution in [0.3, 0.4) is 0 Å². The molecule has 4 rings (SSSR count). The van der Waals surface area contributed by atoms with Gasteiger partial charge in [-0.05, 0) is 86.9 Å². The van der Waals surface area contributed by atoms with Crippen LogP contribution in [0, 0.1) is 35.5 Å². The van der Waals surface area contributed by atoms with E-state index < -0.39 is 0 Å². The fraction of sp³-hybridized carbons (Fsp3) is 0.769. The number of hydrogen-bond acceptors (Lipinski definition) is 4. The standard InChI is InChI=1S/C26H38O4/c1-17(23-19-11-5-6-12-20(19)23)25(27)29-15-9-3-4-10-16-30-26(28)18(2)24-21-13-7-8-14-22(21)24/h19-24H,1-16H2. The van der Waals surface area contributed by atoms with Gasteiger partial charge < -0.3 is 9.47 Å². The molecule has 0 aromatic carbocycles. The fourth-order valence-corrected chi connectivity index (χ4v) is 6.36. The van der Waals surface area contributed by atoms with Gasteiger partial charge in [0, 0.05) is 11.1 Å². The van der Waals surface area contributed by atoms with E-state index in [4.69, 9.17) is 9.47 Å². The average Bonchev–Trinajstić information content (AvgIpc) is 3.67. The van der Waals surface area contributed by atoms with Gasteiger partial charge in [-0.3, -0.25) is 0 Å². The third kappa shape index (κ3) is 4.84. The van der Waals surface area contributed by atoms with Crippen molar-refractivity contribution in [3.8, 4) is 0 Å². The van der Waals surface area contributed by atoms with Crippen LogP contribution in [0.2, 0.25) is 0 Å². The van der Waals surface area contributed by atoms with Crippen LogP contribution in [-0.2, 0) is 19.1 Å². The molecule has 4 fully saturated rings. The molecule has 4 heteroatoms. The molecule has 0 amide bonds. The Kier molecular flexibility index (Phi) is 7.00. The molecule has 30 heavy (non-hydrogen) atoms. The van der Waals surface area contributed by atoms with Crippen LogP contribution in [0.1, 0.15) is 77.0 Å². The molecular formula is C26H38O4. The van der Waals surface area contributed by atoms with E-state index in [-0.39, 0.29) is 11.9 Å². The number of unbranched alkanes of at least 4 members (excludes halogenated alkanes) is 3. The lowest BCUT2D eigenvalue weighted by Gasteiger charge is -2.08. The maximum absolute atomic E-state index is 12.2. The highest BCUT2D eigenvalue weighted by molar-refractivity contribution is 5.89. The molecule has 4 saturated carbocycles. The molecule has 4 unspecified atom stereocenters. The summed E-state index contributed by atoms with van der Waals surface area (Å²) in [4.78, 5) is 24.4. The molecule has 0 bridgehead atoms. The van der Waals surface area contributed by atoms with Gasteiger partial charge in [0.2, 0.25) is 0 Å². The van der Waals surface area contributed by atoms with Crippen LogP contribution in [0.15, 0.2) is 24.3 Å². The van der Waals surface area contributed by atoms with Crippen molar-refractivity contribution in [3.05, 3.63) is 24.3 Å². The first-order chi connectivity index (χ1) is 14.6. The van der Waals surface area contributed by atoms with Gasteiger partial charge >= 0.3 is 11.9 Å². The van der Waals surface area contributed by atoms with Crippen LogP contribution in [0.25, 0.3) is 0 Å². The highest BCUT2D eigenvalue weighted by Gasteiger charge is 2.54. The maximum atomic E-state index is 12.2. The number of esters is 2. The lowest BCUT2D eigenvalue weighted by Crippen LogP contribution is -2.11. The lowest BCUT2D eigenvalue weighted by molar-refractivity contribution is -0.140. The first kappa shape index (κ1) is 21.6. The number of rotatable bonds is 11. The van der Waals surface area contributed by atoms with Crippen molar-refractivity contribution in [3.63, 3.8) is 0 Å². The number of hydrogen-bond donors (Lipinski definition) is 0. The molecule has 0 radical (unpaired) electrons. The summed E-state index contributed by atoms with van der Waals surface area (Å²) >= 11 is 0. The van der Waals surface area contributed by atoms with E-state index in [0.717, 1.165) is 25.7 Å². The van der Waals surface area contributed by atoms with Gasteiger partial charge in [-0.25, -0.2) is 9.59 Å². The van der Waals surface area contributed by atoms with E-state index in [9.17, 15) is 9.59 Å². The van der Waals surface area contributed by atoms with Crippen molar-refractivity contribution >= 4 is 11.9 Å². The molecule has 166 valence electrons. The van der Waals surface area contributed by atoms with E-state index >= 15 is 0 Å². The quantitative estimate of drug-likeness (QED) is 0.250. The molecule has 0 N–H and O–H groups in total. The number of fused-ring (bicyclic) bond motifs is 2. The zero-order valence-corrected chi connectivity index (χ0v) is 18.4. The van der Waals surface area contributed by atoms with Crippen LogP contribution in [0.4, 0.5) is 0 Å². The molecule has 4 aliphatic carbocycles. The zero-order chi connectivity index (χ0) is 21.1. The molecular weight excluding hydrogens is 376 g/mol. The van der Waals surface area contributed by atoms with Crippen molar-refractivity contribution in [2.45, 2.75) is 77.0 Å². The summed E-state index contributed by atoms with van der Waals surface area (Å²) in [6.07, 6.45) is 13.8. The van der Waals surface area contributed by atoms with Gasteiger partial charge in [0.15, 0.2) is 0 Å². The third-order valence-corrected chi connectivity index (χ3v) is 8.15. The summed E-state index contributed by atoms with van der Waals surface area (Å²) in [6, 6.07) is 0. The third-order valence-electron chi connectivity index (χ3n) is 8.15. The Morgan fingerprint density at radius 2 is 0.933 bits per heavy atom. The molecule has 0 heterocycles. The van der Waals surface area contributed by atoms with Crippen molar-refractivity contribution in [2.24, 2.45) is 35.5 Å². The van der Waals surface area contributed by atoms with Crippen molar-refractivity contribution in [2.75, 3.05) is 13.2 Å². The summed E-state index contributed by atoms with van der Waals surface area (Å²) in [5.41, 5.74) is 1.41. The van der Waals surface area contributed by atoms with Gasteiger partial charge in [0.05, 0.1) is 13.2 Å². The monoisotopic (exact) mass is 414 g/mol. The van der Waals surface area contributed by atoms with Gasteiger partial charge in [0.1, 0.15) is 0 Å². The van der Waals surface area contributed by atoms with Crippen LogP contribution in [0.5, 0.6) is 0 Å². The summed E-state index contributed by atoms with van der Waals surface area (Å²) in [6.45, 7) is 8.96. The van der Waals surface area contributed by atoms with Crippen LogP contribution >= 0.6 is 0 Å². The van der Waals surface area contributed by atoms with Gasteiger partial charge in [-0.1, -0.05) is 38.8 Å². The second kappa shape index (κ2) is 9.70. The summed E-state index contributed by atoms with van der Waals surface area (Å²) in [5, 5.41) is 0. The van der Waals surface area contributed by atoms with E-state index in [1.807, 2.05) is 0 Å². The minimum Gasteiger partial charge on any atom is -0.462 e. The first-order valence-corrected chi connectivity index (χ1v) is 12.3. The van der Waals surface area contributed by atoms with Gasteiger partial charge in [-0.15, -0.1) is 0 Å². The second-order valence-electron chi connectivity index (χ2n) is 10.0. The van der Waals surface area contributed by atoms with E-state index in [0.29, 0.717) is 59.9 Å². The Morgan fingerprint density at radius 3 is 1.27 bits per heavy atom. The Labute approximate surface area is 181 Å². The van der Waals surface area contributed by atoms with Crippen molar-refractivity contribution < 1.29 is 19.1 Å². The summed E-state index contributed by atoms with van der Waals surface area (Å²) in [7, 11) is 0. The first-order valence-electron chi connectivity index (χ1n) is 12.3. The molecule has 4 aliphatic rings. The normalized spacial score (nSPS) is 33.6. The molecule has 0 spiro atoms. The van der Waals surface area contributed by atoms with E-state index in [2.05, 4.69) is 13.2 Å². The second-order valence-corrected chi connectivity index (χ2v) is 10.0.